The normalized spacial score (nSPS) is 11.9. The van der Waals surface area contributed by atoms with Crippen molar-refractivity contribution in [1.29, 1.82) is 0 Å². The predicted molar refractivity (Wildman–Crippen MR) is 79.4 cm³/mol. The lowest BCUT2D eigenvalue weighted by Crippen LogP contribution is -2.13. The van der Waals surface area contributed by atoms with Crippen molar-refractivity contribution in [2.75, 3.05) is 5.32 Å². The fourth-order valence-corrected chi connectivity index (χ4v) is 2.23. The number of rotatable bonds is 6. The van der Waals surface area contributed by atoms with Gasteiger partial charge in [0.25, 0.3) is 6.43 Å². The van der Waals surface area contributed by atoms with Crippen molar-refractivity contribution in [2.24, 2.45) is 0 Å². The van der Waals surface area contributed by atoms with Crippen LogP contribution >= 0.6 is 11.3 Å². The number of amides is 1. The van der Waals surface area contributed by atoms with Crippen molar-refractivity contribution in [3.05, 3.63) is 16.7 Å². The van der Waals surface area contributed by atoms with Gasteiger partial charge in [0.05, 0.1) is 0 Å². The van der Waals surface area contributed by atoms with Crippen molar-refractivity contribution in [1.82, 2.24) is 20.3 Å². The fraction of sp³-hybridized carbons (Fsp3) is 0.615. The van der Waals surface area contributed by atoms with Gasteiger partial charge in [0.15, 0.2) is 10.8 Å². The summed E-state index contributed by atoms with van der Waals surface area (Å²) >= 11 is 0.660. The number of alkyl halides is 2. The average Bonchev–Trinajstić information content (AvgIpc) is 3.07. The molecular formula is C13H17F2N5O2S. The van der Waals surface area contributed by atoms with Crippen LogP contribution in [0.3, 0.4) is 0 Å². The first-order valence-electron chi connectivity index (χ1n) is 7.00. The summed E-state index contributed by atoms with van der Waals surface area (Å²) in [5.74, 6) is 0.765. The lowest BCUT2D eigenvalue weighted by molar-refractivity contribution is -0.116. The Morgan fingerprint density at radius 2 is 2.09 bits per heavy atom. The zero-order valence-corrected chi connectivity index (χ0v) is 13.8. The van der Waals surface area contributed by atoms with Gasteiger partial charge in [-0.1, -0.05) is 37.3 Å². The van der Waals surface area contributed by atoms with Crippen LogP contribution in [0.1, 0.15) is 56.8 Å². The Labute approximate surface area is 135 Å². The Hall–Kier alpha value is -1.97. The summed E-state index contributed by atoms with van der Waals surface area (Å²) in [7, 11) is 0. The molecule has 0 saturated carbocycles. The van der Waals surface area contributed by atoms with Crippen LogP contribution in [0.2, 0.25) is 0 Å². The van der Waals surface area contributed by atoms with Crippen molar-refractivity contribution >= 4 is 22.4 Å². The van der Waals surface area contributed by atoms with E-state index in [-0.39, 0.29) is 22.9 Å². The number of anilines is 1. The number of halogens is 2. The summed E-state index contributed by atoms with van der Waals surface area (Å²) in [6.07, 6.45) is -1.53. The third kappa shape index (κ3) is 5.02. The topological polar surface area (TPSA) is 93.8 Å². The summed E-state index contributed by atoms with van der Waals surface area (Å²) in [5, 5.41) is 12.8. The molecule has 0 saturated heterocycles. The molecule has 126 valence electrons. The molecule has 2 rings (SSSR count). The molecule has 0 aliphatic heterocycles. The van der Waals surface area contributed by atoms with Gasteiger partial charge in [-0.15, -0.1) is 10.2 Å². The van der Waals surface area contributed by atoms with Gasteiger partial charge in [-0.05, 0) is 6.42 Å². The summed E-state index contributed by atoms with van der Waals surface area (Å²) in [6, 6.07) is 0. The van der Waals surface area contributed by atoms with Crippen LogP contribution < -0.4 is 5.32 Å². The van der Waals surface area contributed by atoms with E-state index in [2.05, 4.69) is 25.7 Å². The lowest BCUT2D eigenvalue weighted by Gasteiger charge is -2.10. The van der Waals surface area contributed by atoms with E-state index in [9.17, 15) is 13.6 Å². The quantitative estimate of drug-likeness (QED) is 0.864. The van der Waals surface area contributed by atoms with E-state index in [0.717, 1.165) is 0 Å². The molecular weight excluding hydrogens is 328 g/mol. The fourth-order valence-electron chi connectivity index (χ4n) is 1.62. The van der Waals surface area contributed by atoms with Gasteiger partial charge in [-0.25, -0.2) is 8.78 Å². The van der Waals surface area contributed by atoms with Crippen LogP contribution in [0.25, 0.3) is 0 Å². The highest BCUT2D eigenvalue weighted by atomic mass is 32.1. The van der Waals surface area contributed by atoms with Gasteiger partial charge in [0.2, 0.25) is 16.9 Å². The molecule has 7 nitrogen and oxygen atoms in total. The van der Waals surface area contributed by atoms with Gasteiger partial charge in [0, 0.05) is 18.3 Å². The Kier molecular flexibility index (Phi) is 5.34. The van der Waals surface area contributed by atoms with Gasteiger partial charge in [-0.2, -0.15) is 4.98 Å². The number of carbonyl (C=O) groups excluding carboxylic acids is 1. The smallest absolute Gasteiger partial charge is 0.291 e. The Morgan fingerprint density at radius 3 is 2.65 bits per heavy atom. The number of nitrogens with zero attached hydrogens (tertiary/aromatic N) is 4. The van der Waals surface area contributed by atoms with Crippen molar-refractivity contribution in [3.8, 4) is 0 Å². The van der Waals surface area contributed by atoms with Crippen molar-refractivity contribution in [2.45, 2.75) is 51.9 Å². The van der Waals surface area contributed by atoms with E-state index in [1.807, 2.05) is 20.8 Å². The molecule has 0 spiro atoms. The highest BCUT2D eigenvalue weighted by Crippen LogP contribution is 2.25. The van der Waals surface area contributed by atoms with Crippen LogP contribution in [-0.4, -0.2) is 26.2 Å². The molecule has 0 aliphatic carbocycles. The van der Waals surface area contributed by atoms with Crippen molar-refractivity contribution in [3.63, 3.8) is 0 Å². The maximum atomic E-state index is 12.4. The molecule has 0 fully saturated rings. The maximum Gasteiger partial charge on any atom is 0.291 e. The van der Waals surface area contributed by atoms with Gasteiger partial charge < -0.3 is 9.84 Å². The highest BCUT2D eigenvalue weighted by molar-refractivity contribution is 7.15. The maximum absolute atomic E-state index is 12.4. The summed E-state index contributed by atoms with van der Waals surface area (Å²) in [5.41, 5.74) is -0.195. The van der Waals surface area contributed by atoms with E-state index in [0.29, 0.717) is 35.9 Å². The average molecular weight is 345 g/mol. The summed E-state index contributed by atoms with van der Waals surface area (Å²) < 4.78 is 29.9. The minimum Gasteiger partial charge on any atom is -0.339 e. The molecule has 0 atom stereocenters. The van der Waals surface area contributed by atoms with Crippen LogP contribution in [0.5, 0.6) is 0 Å². The number of hydrogen-bond donors (Lipinski definition) is 1. The second-order valence-corrected chi connectivity index (χ2v) is 6.92. The number of hydrogen-bond acceptors (Lipinski definition) is 7. The summed E-state index contributed by atoms with van der Waals surface area (Å²) in [6.45, 7) is 5.93. The third-order valence-electron chi connectivity index (χ3n) is 2.81. The highest BCUT2D eigenvalue weighted by Gasteiger charge is 2.21. The van der Waals surface area contributed by atoms with Crippen molar-refractivity contribution < 1.29 is 18.1 Å². The monoisotopic (exact) mass is 345 g/mol. The lowest BCUT2D eigenvalue weighted by atomic mass is 9.96. The predicted octanol–water partition coefficient (Wildman–Crippen LogP) is 3.12. The Balaban J connectivity index is 1.77. The van der Waals surface area contributed by atoms with E-state index in [1.165, 1.54) is 0 Å². The molecule has 0 aliphatic rings. The molecule has 1 amide bonds. The van der Waals surface area contributed by atoms with Crippen LogP contribution in [0, 0.1) is 0 Å². The van der Waals surface area contributed by atoms with E-state index < -0.39 is 11.4 Å². The van der Waals surface area contributed by atoms with Gasteiger partial charge >= 0.3 is 0 Å². The van der Waals surface area contributed by atoms with E-state index >= 15 is 0 Å². The molecule has 2 aromatic heterocycles. The number of aryl methyl sites for hydroxylation is 1. The summed E-state index contributed by atoms with van der Waals surface area (Å²) in [4.78, 5) is 16.0. The number of aromatic nitrogens is 4. The molecule has 1 N–H and O–H groups in total. The first kappa shape index (κ1) is 17.4. The number of nitrogens with one attached hydrogen (secondary N) is 1. The van der Waals surface area contributed by atoms with Gasteiger partial charge in [0.1, 0.15) is 0 Å². The Bertz CT molecular complexity index is 665. The van der Waals surface area contributed by atoms with E-state index in [1.54, 1.807) is 0 Å². The van der Waals surface area contributed by atoms with Gasteiger partial charge in [-0.3, -0.25) is 4.79 Å². The molecule has 23 heavy (non-hydrogen) atoms. The SMILES string of the molecule is CC(C)(C)c1noc(CCCC(=O)Nc2nnc(C(F)F)s2)n1. The standard InChI is InChI=1S/C13H17F2N5O2S/c1-13(2,3)11-17-8(22-20-11)6-4-5-7(21)16-12-19-18-10(23-12)9(14)15/h9H,4-6H2,1-3H3,(H,16,19,21). The second-order valence-electron chi connectivity index (χ2n) is 5.91. The minimum atomic E-state index is -2.69. The molecule has 2 heterocycles. The molecule has 10 heteroatoms. The van der Waals surface area contributed by atoms with Crippen LogP contribution in [-0.2, 0) is 16.6 Å². The zero-order chi connectivity index (χ0) is 17.0. The largest absolute Gasteiger partial charge is 0.339 e. The van der Waals surface area contributed by atoms with E-state index in [4.69, 9.17) is 4.52 Å². The first-order chi connectivity index (χ1) is 10.8. The molecule has 2 aromatic rings. The zero-order valence-electron chi connectivity index (χ0n) is 13.0. The first-order valence-corrected chi connectivity index (χ1v) is 7.82. The Morgan fingerprint density at radius 1 is 1.35 bits per heavy atom. The van der Waals surface area contributed by atoms with Crippen LogP contribution in [0.4, 0.5) is 13.9 Å². The number of carbonyl (C=O) groups is 1. The minimum absolute atomic E-state index is 0.0677. The third-order valence-corrected chi connectivity index (χ3v) is 3.65. The van der Waals surface area contributed by atoms with Crippen LogP contribution in [0.15, 0.2) is 4.52 Å². The molecule has 0 bridgehead atoms. The molecule has 0 radical (unpaired) electrons. The molecule has 0 aromatic carbocycles. The second kappa shape index (κ2) is 7.07. The molecule has 0 unspecified atom stereocenters.